The van der Waals surface area contributed by atoms with Crippen LogP contribution < -0.4 is 16.5 Å². The monoisotopic (exact) mass is 522 g/mol. The SMILES string of the molecule is C[C@@H](NCC(=O)BC[C@H](NC(=O)c1ccc(C#C/C=C/c2ccccc2)cc1)C(=O)N(N)O)c1ccccc1. The summed E-state index contributed by atoms with van der Waals surface area (Å²) in [6.07, 6.45) is 3.63. The third kappa shape index (κ3) is 9.72. The van der Waals surface area contributed by atoms with Gasteiger partial charge in [0.15, 0.2) is 0 Å². The molecule has 5 N–H and O–H groups in total. The number of hydrogen-bond acceptors (Lipinski definition) is 6. The van der Waals surface area contributed by atoms with E-state index in [2.05, 4.69) is 22.5 Å². The van der Waals surface area contributed by atoms with Gasteiger partial charge in [-0.15, -0.1) is 0 Å². The van der Waals surface area contributed by atoms with Gasteiger partial charge in [0, 0.05) is 23.7 Å². The molecule has 198 valence electrons. The van der Waals surface area contributed by atoms with Crippen LogP contribution >= 0.6 is 0 Å². The van der Waals surface area contributed by atoms with Crippen LogP contribution in [0.5, 0.6) is 0 Å². The number of carbonyl (C=O) groups excluding carboxylic acids is 3. The molecule has 2 atom stereocenters. The van der Waals surface area contributed by atoms with Gasteiger partial charge in [0.2, 0.25) is 7.28 Å². The predicted octanol–water partition coefficient (Wildman–Crippen LogP) is 2.67. The van der Waals surface area contributed by atoms with Gasteiger partial charge in [-0.2, -0.15) is 5.17 Å². The van der Waals surface area contributed by atoms with Crippen LogP contribution in [0.15, 0.2) is 91.0 Å². The highest BCUT2D eigenvalue weighted by atomic mass is 16.5. The lowest BCUT2D eigenvalue weighted by molar-refractivity contribution is -0.168. The molecule has 0 bridgehead atoms. The van der Waals surface area contributed by atoms with Gasteiger partial charge >= 0.3 is 0 Å². The van der Waals surface area contributed by atoms with Gasteiger partial charge in [-0.1, -0.05) is 72.5 Å². The molecule has 0 aromatic heterocycles. The maximum absolute atomic E-state index is 12.8. The summed E-state index contributed by atoms with van der Waals surface area (Å²) >= 11 is 0. The van der Waals surface area contributed by atoms with Gasteiger partial charge in [-0.05, 0) is 60.8 Å². The minimum Gasteiger partial charge on any atom is -0.341 e. The van der Waals surface area contributed by atoms with Crippen molar-refractivity contribution in [3.05, 3.63) is 113 Å². The van der Waals surface area contributed by atoms with Crippen LogP contribution in [-0.2, 0) is 9.59 Å². The van der Waals surface area contributed by atoms with E-state index in [9.17, 15) is 19.6 Å². The number of hydroxylamine groups is 1. The maximum Gasteiger partial charge on any atom is 0.282 e. The predicted molar refractivity (Wildman–Crippen MR) is 153 cm³/mol. The number of rotatable bonds is 11. The fraction of sp³-hybridized carbons (Fsp3) is 0.167. The number of hydrazine groups is 1. The molecule has 0 aliphatic carbocycles. The fourth-order valence-electron chi connectivity index (χ4n) is 3.71. The molecule has 9 heteroatoms. The Morgan fingerprint density at radius 3 is 2.28 bits per heavy atom. The van der Waals surface area contributed by atoms with Crippen molar-refractivity contribution in [3.63, 3.8) is 0 Å². The van der Waals surface area contributed by atoms with Crippen molar-refractivity contribution in [2.45, 2.75) is 25.3 Å². The third-order valence-corrected chi connectivity index (χ3v) is 5.97. The Kier molecular flexibility index (Phi) is 11.2. The highest BCUT2D eigenvalue weighted by Crippen LogP contribution is 2.11. The van der Waals surface area contributed by atoms with Crippen LogP contribution in [0.1, 0.15) is 40.0 Å². The van der Waals surface area contributed by atoms with E-state index in [1.807, 2.05) is 73.7 Å². The first kappa shape index (κ1) is 29.1. The lowest BCUT2D eigenvalue weighted by atomic mass is 9.67. The van der Waals surface area contributed by atoms with E-state index in [-0.39, 0.29) is 37.0 Å². The van der Waals surface area contributed by atoms with Gasteiger partial charge in [0.25, 0.3) is 11.8 Å². The Balaban J connectivity index is 1.54. The zero-order valence-electron chi connectivity index (χ0n) is 21.7. The number of nitrogens with two attached hydrogens (primary N) is 1. The summed E-state index contributed by atoms with van der Waals surface area (Å²) < 4.78 is 0. The van der Waals surface area contributed by atoms with Crippen molar-refractivity contribution in [1.82, 2.24) is 15.8 Å². The molecule has 8 nitrogen and oxygen atoms in total. The van der Waals surface area contributed by atoms with Crippen molar-refractivity contribution in [3.8, 4) is 11.8 Å². The van der Waals surface area contributed by atoms with Crippen molar-refractivity contribution >= 4 is 30.9 Å². The normalized spacial score (nSPS) is 12.1. The third-order valence-electron chi connectivity index (χ3n) is 5.97. The maximum atomic E-state index is 12.8. The number of carbonyl (C=O) groups is 3. The van der Waals surface area contributed by atoms with Gasteiger partial charge in [0.1, 0.15) is 11.7 Å². The Bertz CT molecular complexity index is 1330. The second kappa shape index (κ2) is 15.1. The van der Waals surface area contributed by atoms with E-state index in [1.165, 1.54) is 0 Å². The van der Waals surface area contributed by atoms with Crippen LogP contribution in [-0.4, -0.2) is 47.7 Å². The number of nitrogens with zero attached hydrogens (tertiary/aromatic N) is 1. The zero-order chi connectivity index (χ0) is 28.0. The zero-order valence-corrected chi connectivity index (χ0v) is 21.7. The van der Waals surface area contributed by atoms with Crippen molar-refractivity contribution in [2.24, 2.45) is 5.84 Å². The lowest BCUT2D eigenvalue weighted by Crippen LogP contribution is -2.50. The van der Waals surface area contributed by atoms with Crippen LogP contribution in [0.25, 0.3) is 6.08 Å². The van der Waals surface area contributed by atoms with E-state index in [0.29, 0.717) is 11.1 Å². The molecule has 3 aromatic rings. The Morgan fingerprint density at radius 1 is 1.00 bits per heavy atom. The Labute approximate surface area is 229 Å². The molecular weight excluding hydrogens is 491 g/mol. The van der Waals surface area contributed by atoms with E-state index in [4.69, 9.17) is 5.84 Å². The minimum atomic E-state index is -1.18. The topological polar surface area (TPSA) is 125 Å². The summed E-state index contributed by atoms with van der Waals surface area (Å²) in [5, 5.41) is 15.1. The summed E-state index contributed by atoms with van der Waals surface area (Å²) in [7, 11) is 0.00403. The van der Waals surface area contributed by atoms with Crippen LogP contribution in [0.2, 0.25) is 6.32 Å². The van der Waals surface area contributed by atoms with E-state index in [0.717, 1.165) is 11.1 Å². The summed E-state index contributed by atoms with van der Waals surface area (Å²) in [4.78, 5) is 37.6. The average Bonchev–Trinajstić information content (AvgIpc) is 2.97. The Morgan fingerprint density at radius 2 is 1.64 bits per heavy atom. The van der Waals surface area contributed by atoms with Crippen LogP contribution in [0.4, 0.5) is 0 Å². The molecule has 0 unspecified atom stereocenters. The lowest BCUT2D eigenvalue weighted by Gasteiger charge is -2.20. The molecule has 0 aliphatic rings. The second-order valence-electron chi connectivity index (χ2n) is 8.89. The number of allylic oxidation sites excluding steroid dienone is 1. The quantitative estimate of drug-likeness (QED) is 0.0767. The van der Waals surface area contributed by atoms with Gasteiger partial charge in [-0.25, -0.2) is 5.84 Å². The smallest absolute Gasteiger partial charge is 0.282 e. The number of amides is 2. The molecule has 0 fully saturated rings. The van der Waals surface area contributed by atoms with Crippen molar-refractivity contribution < 1.29 is 19.6 Å². The molecular formula is C30H31BN4O4. The highest BCUT2D eigenvalue weighted by Gasteiger charge is 2.26. The standard InChI is InChI=1S/C30H31BN4O4/c1-22(25-14-6-3-7-15-25)33-21-28(36)31-20-27(30(38)35(32)39)34-29(37)26-18-16-24(17-19-26)13-9-8-12-23-10-4-2-5-11-23/h2-8,10-12,14-19,22,27,31,33,39H,20-21,32H2,1H3,(H,34,37)/b12-8+/t22-,27+/m1/s1. The summed E-state index contributed by atoms with van der Waals surface area (Å²) in [6, 6.07) is 24.8. The van der Waals surface area contributed by atoms with E-state index in [1.54, 1.807) is 30.3 Å². The largest absolute Gasteiger partial charge is 0.341 e. The Hall–Kier alpha value is -4.49. The highest BCUT2D eigenvalue weighted by molar-refractivity contribution is 6.74. The molecule has 0 saturated carbocycles. The minimum absolute atomic E-state index is 0.00403. The molecule has 0 aliphatic heterocycles. The number of hydrogen-bond donors (Lipinski definition) is 4. The van der Waals surface area contributed by atoms with Gasteiger partial charge in [-0.3, -0.25) is 14.8 Å². The van der Waals surface area contributed by atoms with Gasteiger partial charge < -0.3 is 15.4 Å². The number of nitrogens with one attached hydrogen (secondary N) is 2. The fourth-order valence-corrected chi connectivity index (χ4v) is 3.71. The summed E-state index contributed by atoms with van der Waals surface area (Å²) in [6.45, 7) is 2.05. The molecule has 3 aromatic carbocycles. The van der Waals surface area contributed by atoms with Crippen molar-refractivity contribution in [2.75, 3.05) is 6.54 Å². The molecule has 0 spiro atoms. The van der Waals surface area contributed by atoms with Crippen molar-refractivity contribution in [1.29, 1.82) is 0 Å². The molecule has 0 radical (unpaired) electrons. The molecule has 0 heterocycles. The second-order valence-corrected chi connectivity index (χ2v) is 8.89. The molecule has 3 rings (SSSR count). The first-order chi connectivity index (χ1) is 18.8. The number of benzene rings is 3. The summed E-state index contributed by atoms with van der Waals surface area (Å²) in [5.74, 6) is 9.69. The molecule has 0 saturated heterocycles. The van der Waals surface area contributed by atoms with Crippen LogP contribution in [0, 0.1) is 11.8 Å². The first-order valence-electron chi connectivity index (χ1n) is 12.5. The molecule has 2 amide bonds. The van der Waals surface area contributed by atoms with Gasteiger partial charge in [0.05, 0.1) is 0 Å². The van der Waals surface area contributed by atoms with Crippen LogP contribution in [0.3, 0.4) is 0 Å². The van der Waals surface area contributed by atoms with E-state index >= 15 is 0 Å². The average molecular weight is 522 g/mol. The summed E-state index contributed by atoms with van der Waals surface area (Å²) in [5.41, 5.74) is 2.95. The molecule has 39 heavy (non-hydrogen) atoms. The van der Waals surface area contributed by atoms with E-state index < -0.39 is 17.9 Å². The first-order valence-corrected chi connectivity index (χ1v) is 12.5.